The van der Waals surface area contributed by atoms with E-state index in [1.165, 1.54) is 18.2 Å². The Morgan fingerprint density at radius 3 is 2.92 bits per heavy atom. The van der Waals surface area contributed by atoms with Crippen LogP contribution < -0.4 is 0 Å². The van der Waals surface area contributed by atoms with E-state index in [9.17, 15) is 4.79 Å². The van der Waals surface area contributed by atoms with Crippen LogP contribution in [0.4, 0.5) is 0 Å². The van der Waals surface area contributed by atoms with Gasteiger partial charge in [0.2, 0.25) is 0 Å². The Labute approximate surface area is 147 Å². The number of thioether (sulfide) groups is 1. The van der Waals surface area contributed by atoms with Gasteiger partial charge in [-0.15, -0.1) is 0 Å². The lowest BCUT2D eigenvalue weighted by molar-refractivity contribution is -0.152. The highest BCUT2D eigenvalue weighted by molar-refractivity contribution is 7.99. The lowest BCUT2D eigenvalue weighted by Crippen LogP contribution is -2.36. The van der Waals surface area contributed by atoms with Crippen LogP contribution in [0.25, 0.3) is 11.0 Å². The van der Waals surface area contributed by atoms with Gasteiger partial charge in [0.1, 0.15) is 6.10 Å². The molecule has 130 valence electrons. The minimum absolute atomic E-state index is 0.0672. The summed E-state index contributed by atoms with van der Waals surface area (Å²) < 4.78 is 5.83. The molecule has 1 aliphatic rings. The number of ether oxygens (including phenoxy) is 1. The summed E-state index contributed by atoms with van der Waals surface area (Å²) in [5, 5.41) is 0.769. The normalized spacial score (nSPS) is 24.4. The Morgan fingerprint density at radius 1 is 1.38 bits per heavy atom. The summed E-state index contributed by atoms with van der Waals surface area (Å²) in [5.74, 6) is 1.85. The summed E-state index contributed by atoms with van der Waals surface area (Å²) in [5.41, 5.74) is 1.92. The lowest BCUT2D eigenvalue weighted by atomic mass is 9.75. The molecule has 0 bridgehead atoms. The summed E-state index contributed by atoms with van der Waals surface area (Å²) >= 11 is 1.41. The molecule has 1 aliphatic carbocycles. The molecule has 24 heavy (non-hydrogen) atoms. The molecule has 0 aliphatic heterocycles. The van der Waals surface area contributed by atoms with Crippen molar-refractivity contribution in [3.05, 3.63) is 24.3 Å². The highest BCUT2D eigenvalue weighted by Crippen LogP contribution is 2.35. The maximum atomic E-state index is 12.3. The zero-order valence-corrected chi connectivity index (χ0v) is 15.4. The standard InChI is InChI=1S/C19H26N2O2S/c1-12(2)14-9-8-13(3)10-17(14)23-18(22)11-24-19-20-15-6-4-5-7-16(15)21-19/h4-7,12-14,17H,8-11H2,1-3H3,(H,20,21)/t13-,14+,17+/m0/s1. The van der Waals surface area contributed by atoms with E-state index in [1.54, 1.807) is 0 Å². The van der Waals surface area contributed by atoms with Gasteiger partial charge in [-0.25, -0.2) is 4.98 Å². The van der Waals surface area contributed by atoms with E-state index in [0.29, 0.717) is 23.5 Å². The number of H-pyrrole nitrogens is 1. The van der Waals surface area contributed by atoms with Gasteiger partial charge in [-0.05, 0) is 42.7 Å². The number of nitrogens with one attached hydrogen (secondary N) is 1. The van der Waals surface area contributed by atoms with Crippen molar-refractivity contribution in [1.29, 1.82) is 0 Å². The molecule has 1 fully saturated rings. The summed E-state index contributed by atoms with van der Waals surface area (Å²) in [6, 6.07) is 7.88. The largest absolute Gasteiger partial charge is 0.461 e. The maximum Gasteiger partial charge on any atom is 0.316 e. The molecule has 2 aromatic rings. The van der Waals surface area contributed by atoms with Crippen molar-refractivity contribution in [1.82, 2.24) is 9.97 Å². The SMILES string of the molecule is CC(C)[C@H]1CC[C@H](C)C[C@H]1OC(=O)CSc1nc2ccccc2[nH]1. The van der Waals surface area contributed by atoms with Crippen molar-refractivity contribution in [2.75, 3.05) is 5.75 Å². The molecule has 5 heteroatoms. The van der Waals surface area contributed by atoms with Gasteiger partial charge in [0.05, 0.1) is 16.8 Å². The molecule has 3 rings (SSSR count). The molecule has 1 N–H and O–H groups in total. The van der Waals surface area contributed by atoms with Gasteiger partial charge in [0.15, 0.2) is 5.16 Å². The molecule has 0 radical (unpaired) electrons. The van der Waals surface area contributed by atoms with Crippen molar-refractivity contribution < 1.29 is 9.53 Å². The zero-order chi connectivity index (χ0) is 17.1. The molecule has 1 saturated carbocycles. The van der Waals surface area contributed by atoms with Gasteiger partial charge in [0, 0.05) is 0 Å². The zero-order valence-electron chi connectivity index (χ0n) is 14.6. The quantitative estimate of drug-likeness (QED) is 0.632. The Kier molecular flexibility index (Phi) is 5.49. The molecule has 0 spiro atoms. The number of hydrogen-bond acceptors (Lipinski definition) is 4. The van der Waals surface area contributed by atoms with Crippen LogP contribution in [0.15, 0.2) is 29.4 Å². The van der Waals surface area contributed by atoms with Crippen molar-refractivity contribution in [3.63, 3.8) is 0 Å². The first-order valence-corrected chi connectivity index (χ1v) is 9.78. The number of fused-ring (bicyclic) bond motifs is 1. The number of carbonyl (C=O) groups is 1. The first kappa shape index (κ1) is 17.3. The molecule has 1 aromatic carbocycles. The number of imidazole rings is 1. The van der Waals surface area contributed by atoms with E-state index >= 15 is 0 Å². The Morgan fingerprint density at radius 2 is 2.17 bits per heavy atom. The molecule has 1 heterocycles. The average Bonchev–Trinajstić information content (AvgIpc) is 2.95. The number of carbonyl (C=O) groups excluding carboxylic acids is 1. The average molecular weight is 346 g/mol. The minimum Gasteiger partial charge on any atom is -0.461 e. The molecule has 4 nitrogen and oxygen atoms in total. The van der Waals surface area contributed by atoms with Gasteiger partial charge in [0.25, 0.3) is 0 Å². The van der Waals surface area contributed by atoms with Crippen LogP contribution in [0, 0.1) is 17.8 Å². The molecular formula is C19H26N2O2S. The fourth-order valence-corrected chi connectivity index (χ4v) is 4.25. The van der Waals surface area contributed by atoms with E-state index in [1.807, 2.05) is 24.3 Å². The summed E-state index contributed by atoms with van der Waals surface area (Å²) in [7, 11) is 0. The first-order valence-electron chi connectivity index (χ1n) is 8.80. The second-order valence-corrected chi connectivity index (χ2v) is 8.17. The number of rotatable bonds is 5. The van der Waals surface area contributed by atoms with Crippen LogP contribution in [0.2, 0.25) is 0 Å². The van der Waals surface area contributed by atoms with Crippen molar-refractivity contribution in [3.8, 4) is 0 Å². The number of para-hydroxylation sites is 2. The van der Waals surface area contributed by atoms with Crippen LogP contribution in [0.5, 0.6) is 0 Å². The van der Waals surface area contributed by atoms with Crippen molar-refractivity contribution in [2.45, 2.75) is 51.3 Å². The Hall–Kier alpha value is -1.49. The van der Waals surface area contributed by atoms with Crippen LogP contribution in [-0.4, -0.2) is 27.8 Å². The minimum atomic E-state index is -0.134. The van der Waals surface area contributed by atoms with E-state index < -0.39 is 0 Å². The molecule has 1 aromatic heterocycles. The van der Waals surface area contributed by atoms with Crippen LogP contribution in [-0.2, 0) is 9.53 Å². The predicted octanol–water partition coefficient (Wildman–Crippen LogP) is 4.66. The number of aromatic amines is 1. The first-order chi connectivity index (χ1) is 11.5. The third kappa shape index (κ3) is 4.12. The van der Waals surface area contributed by atoms with Gasteiger partial charge >= 0.3 is 5.97 Å². The number of hydrogen-bond donors (Lipinski definition) is 1. The second-order valence-electron chi connectivity index (χ2n) is 7.20. The number of benzene rings is 1. The van der Waals surface area contributed by atoms with Gasteiger partial charge in [-0.3, -0.25) is 4.79 Å². The van der Waals surface area contributed by atoms with E-state index in [0.717, 1.165) is 29.0 Å². The van der Waals surface area contributed by atoms with Gasteiger partial charge < -0.3 is 9.72 Å². The fourth-order valence-electron chi connectivity index (χ4n) is 3.58. The third-order valence-corrected chi connectivity index (χ3v) is 5.79. The smallest absolute Gasteiger partial charge is 0.316 e. The van der Waals surface area contributed by atoms with E-state index in [-0.39, 0.29) is 12.1 Å². The van der Waals surface area contributed by atoms with Crippen LogP contribution >= 0.6 is 11.8 Å². The predicted molar refractivity (Wildman–Crippen MR) is 98.0 cm³/mol. The third-order valence-electron chi connectivity index (χ3n) is 4.94. The second kappa shape index (κ2) is 7.60. The topological polar surface area (TPSA) is 55.0 Å². The van der Waals surface area contributed by atoms with Crippen LogP contribution in [0.3, 0.4) is 0 Å². The Bertz CT molecular complexity index is 664. The van der Waals surface area contributed by atoms with E-state index in [4.69, 9.17) is 4.74 Å². The van der Waals surface area contributed by atoms with Crippen LogP contribution in [0.1, 0.15) is 40.0 Å². The van der Waals surface area contributed by atoms with E-state index in [2.05, 4.69) is 30.7 Å². The highest BCUT2D eigenvalue weighted by Gasteiger charge is 2.33. The molecular weight excluding hydrogens is 320 g/mol. The number of aromatic nitrogens is 2. The number of nitrogens with zero attached hydrogens (tertiary/aromatic N) is 1. The summed E-state index contributed by atoms with van der Waals surface area (Å²) in [6.07, 6.45) is 3.46. The maximum absolute atomic E-state index is 12.3. The van der Waals surface area contributed by atoms with Crippen molar-refractivity contribution >= 4 is 28.8 Å². The summed E-state index contributed by atoms with van der Waals surface area (Å²) in [6.45, 7) is 6.70. The van der Waals surface area contributed by atoms with Gasteiger partial charge in [-0.1, -0.05) is 51.1 Å². The van der Waals surface area contributed by atoms with Gasteiger partial charge in [-0.2, -0.15) is 0 Å². The number of esters is 1. The summed E-state index contributed by atoms with van der Waals surface area (Å²) in [4.78, 5) is 20.0. The monoisotopic (exact) mass is 346 g/mol. The molecule has 3 atom stereocenters. The molecule has 0 unspecified atom stereocenters. The van der Waals surface area contributed by atoms with Crippen molar-refractivity contribution in [2.24, 2.45) is 17.8 Å². The molecule has 0 saturated heterocycles. The highest BCUT2D eigenvalue weighted by atomic mass is 32.2. The lowest BCUT2D eigenvalue weighted by Gasteiger charge is -2.36. The Balaban J connectivity index is 1.56. The molecule has 0 amide bonds. The fraction of sp³-hybridized carbons (Fsp3) is 0.579.